The van der Waals surface area contributed by atoms with Crippen molar-refractivity contribution < 1.29 is 18.7 Å². The zero-order valence-electron chi connectivity index (χ0n) is 14.6. The molecule has 0 radical (unpaired) electrons. The molecule has 0 spiro atoms. The molecule has 128 valence electrons. The van der Waals surface area contributed by atoms with E-state index in [-0.39, 0.29) is 24.1 Å². The summed E-state index contributed by atoms with van der Waals surface area (Å²) in [5.74, 6) is 1.98. The normalized spacial score (nSPS) is 37.2. The van der Waals surface area contributed by atoms with Gasteiger partial charge in [-0.05, 0) is 57.2 Å². The summed E-state index contributed by atoms with van der Waals surface area (Å²) in [5, 5.41) is 0. The zero-order chi connectivity index (χ0) is 17.1. The number of rotatable bonds is 1. The Labute approximate surface area is 142 Å². The van der Waals surface area contributed by atoms with Crippen molar-refractivity contribution in [2.24, 2.45) is 5.92 Å². The standard InChI is InChI=1S/C20H24O4/c1-11(2)14-5-6-20-18(24-20)17(23-19(20)21)8-12(3)7-15-9-13(4)16(10-14)22-15/h7,9,14,17-18H,1,5-6,8,10H2,2-4H3/b12-7+/t14-,17+,18+,20+/m1/s1. The van der Waals surface area contributed by atoms with Gasteiger partial charge < -0.3 is 13.9 Å². The van der Waals surface area contributed by atoms with Crippen molar-refractivity contribution in [1.29, 1.82) is 0 Å². The minimum Gasteiger partial charge on any atom is -0.461 e. The lowest BCUT2D eigenvalue weighted by molar-refractivity contribution is -0.154. The van der Waals surface area contributed by atoms with E-state index in [9.17, 15) is 4.79 Å². The van der Waals surface area contributed by atoms with Gasteiger partial charge >= 0.3 is 5.97 Å². The maximum absolute atomic E-state index is 12.3. The lowest BCUT2D eigenvalue weighted by Crippen LogP contribution is -2.24. The van der Waals surface area contributed by atoms with Crippen LogP contribution in [0.5, 0.6) is 0 Å². The highest BCUT2D eigenvalue weighted by Gasteiger charge is 2.72. The molecule has 2 fully saturated rings. The van der Waals surface area contributed by atoms with Crippen molar-refractivity contribution in [1.82, 2.24) is 0 Å². The number of hydrogen-bond acceptors (Lipinski definition) is 4. The molecule has 0 saturated carbocycles. The predicted molar refractivity (Wildman–Crippen MR) is 90.4 cm³/mol. The molecular weight excluding hydrogens is 304 g/mol. The molecule has 4 nitrogen and oxygen atoms in total. The van der Waals surface area contributed by atoms with E-state index < -0.39 is 5.60 Å². The number of carbonyl (C=O) groups is 1. The number of esters is 1. The molecule has 1 aromatic rings. The Morgan fingerprint density at radius 2 is 2.12 bits per heavy atom. The summed E-state index contributed by atoms with van der Waals surface area (Å²) in [6.07, 6.45) is 4.83. The van der Waals surface area contributed by atoms with Crippen LogP contribution in [0.15, 0.2) is 28.2 Å². The fourth-order valence-electron chi connectivity index (χ4n) is 4.06. The number of ether oxygens (including phenoxy) is 2. The average molecular weight is 328 g/mol. The van der Waals surface area contributed by atoms with E-state index in [2.05, 4.69) is 19.6 Å². The maximum Gasteiger partial charge on any atom is 0.341 e. The highest BCUT2D eigenvalue weighted by atomic mass is 16.7. The van der Waals surface area contributed by atoms with Crippen molar-refractivity contribution in [3.8, 4) is 0 Å². The molecule has 0 amide bonds. The van der Waals surface area contributed by atoms with E-state index >= 15 is 0 Å². The molecule has 4 atom stereocenters. The lowest BCUT2D eigenvalue weighted by atomic mass is 9.86. The zero-order valence-corrected chi connectivity index (χ0v) is 14.6. The summed E-state index contributed by atoms with van der Waals surface area (Å²) >= 11 is 0. The Kier molecular flexibility index (Phi) is 3.50. The van der Waals surface area contributed by atoms with Gasteiger partial charge in [0.1, 0.15) is 23.7 Å². The van der Waals surface area contributed by atoms with Crippen LogP contribution in [-0.2, 0) is 20.7 Å². The van der Waals surface area contributed by atoms with Gasteiger partial charge in [0.05, 0.1) is 0 Å². The van der Waals surface area contributed by atoms with E-state index in [1.165, 1.54) is 5.56 Å². The lowest BCUT2D eigenvalue weighted by Gasteiger charge is -2.18. The van der Waals surface area contributed by atoms with Gasteiger partial charge in [0.15, 0.2) is 5.60 Å². The third kappa shape index (κ3) is 2.44. The van der Waals surface area contributed by atoms with Crippen LogP contribution in [-0.4, -0.2) is 23.8 Å². The Bertz CT molecular complexity index is 741. The average Bonchev–Trinajstić information content (AvgIpc) is 3.06. The number of furan rings is 1. The van der Waals surface area contributed by atoms with Crippen LogP contribution in [0, 0.1) is 12.8 Å². The molecule has 0 N–H and O–H groups in total. The SMILES string of the molecule is C=C(C)[C@@H]1CC[C@]23O[C@H]2[C@H](C/C(C)=C/c2cc(C)c(o2)C1)OC3=O. The third-order valence-corrected chi connectivity index (χ3v) is 5.63. The van der Waals surface area contributed by atoms with Gasteiger partial charge in [0.25, 0.3) is 0 Å². The highest BCUT2D eigenvalue weighted by molar-refractivity contribution is 5.86. The Morgan fingerprint density at radius 3 is 2.83 bits per heavy atom. The molecule has 3 aliphatic rings. The van der Waals surface area contributed by atoms with E-state index in [0.717, 1.165) is 35.5 Å². The van der Waals surface area contributed by atoms with Crippen LogP contribution >= 0.6 is 0 Å². The van der Waals surface area contributed by atoms with E-state index in [1.54, 1.807) is 0 Å². The van der Waals surface area contributed by atoms with Crippen LogP contribution in [0.2, 0.25) is 0 Å². The topological polar surface area (TPSA) is 52.0 Å². The molecular formula is C20H24O4. The van der Waals surface area contributed by atoms with Crippen molar-refractivity contribution in [3.05, 3.63) is 40.9 Å². The van der Waals surface area contributed by atoms with Gasteiger partial charge in [-0.25, -0.2) is 4.79 Å². The van der Waals surface area contributed by atoms with E-state index in [4.69, 9.17) is 13.9 Å². The Hall–Kier alpha value is -1.81. The first-order valence-corrected chi connectivity index (χ1v) is 8.70. The molecule has 0 aromatic carbocycles. The van der Waals surface area contributed by atoms with Gasteiger partial charge in [-0.15, -0.1) is 0 Å². The minimum absolute atomic E-state index is 0.0899. The molecule has 3 aliphatic heterocycles. The van der Waals surface area contributed by atoms with E-state index in [1.807, 2.05) is 19.9 Å². The van der Waals surface area contributed by atoms with Gasteiger partial charge in [0, 0.05) is 12.8 Å². The molecule has 24 heavy (non-hydrogen) atoms. The minimum atomic E-state index is -0.699. The molecule has 0 aliphatic carbocycles. The summed E-state index contributed by atoms with van der Waals surface area (Å²) < 4.78 is 17.5. The number of epoxide rings is 1. The number of hydrogen-bond donors (Lipinski definition) is 0. The van der Waals surface area contributed by atoms with Crippen LogP contribution in [0.3, 0.4) is 0 Å². The first-order chi connectivity index (χ1) is 11.4. The molecule has 4 bridgehead atoms. The van der Waals surface area contributed by atoms with Crippen LogP contribution in [0.25, 0.3) is 6.08 Å². The van der Waals surface area contributed by atoms with Crippen molar-refractivity contribution in [3.63, 3.8) is 0 Å². The molecule has 4 heteroatoms. The van der Waals surface area contributed by atoms with Gasteiger partial charge in [-0.1, -0.05) is 17.7 Å². The fraction of sp³-hybridized carbons (Fsp3) is 0.550. The second-order valence-electron chi connectivity index (χ2n) is 7.61. The quantitative estimate of drug-likeness (QED) is 0.445. The predicted octanol–water partition coefficient (Wildman–Crippen LogP) is 3.97. The summed E-state index contributed by atoms with van der Waals surface area (Å²) in [4.78, 5) is 12.3. The molecule has 4 heterocycles. The second-order valence-corrected chi connectivity index (χ2v) is 7.61. The number of allylic oxidation sites excluding steroid dienone is 1. The smallest absolute Gasteiger partial charge is 0.341 e. The fourth-order valence-corrected chi connectivity index (χ4v) is 4.06. The summed E-state index contributed by atoms with van der Waals surface area (Å²) in [6, 6.07) is 2.08. The monoisotopic (exact) mass is 328 g/mol. The summed E-state index contributed by atoms with van der Waals surface area (Å²) in [6.45, 7) is 10.3. The van der Waals surface area contributed by atoms with Gasteiger partial charge in [0.2, 0.25) is 0 Å². The largest absolute Gasteiger partial charge is 0.461 e. The van der Waals surface area contributed by atoms with Crippen molar-refractivity contribution in [2.45, 2.75) is 64.3 Å². The second kappa shape index (κ2) is 5.35. The van der Waals surface area contributed by atoms with E-state index in [0.29, 0.717) is 12.8 Å². The maximum atomic E-state index is 12.3. The van der Waals surface area contributed by atoms with Gasteiger partial charge in [-0.3, -0.25) is 0 Å². The van der Waals surface area contributed by atoms with Crippen molar-refractivity contribution in [2.75, 3.05) is 0 Å². The molecule has 2 saturated heterocycles. The number of aryl methyl sites for hydroxylation is 1. The molecule has 0 unspecified atom stereocenters. The Morgan fingerprint density at radius 1 is 1.33 bits per heavy atom. The Balaban J connectivity index is 1.70. The third-order valence-electron chi connectivity index (χ3n) is 5.63. The van der Waals surface area contributed by atoms with Crippen LogP contribution in [0.4, 0.5) is 0 Å². The molecule has 1 aromatic heterocycles. The first-order valence-electron chi connectivity index (χ1n) is 8.70. The van der Waals surface area contributed by atoms with Crippen molar-refractivity contribution >= 4 is 12.0 Å². The number of carbonyl (C=O) groups excluding carboxylic acids is 1. The van der Waals surface area contributed by atoms with Crippen LogP contribution in [0.1, 0.15) is 50.2 Å². The summed E-state index contributed by atoms with van der Waals surface area (Å²) in [5.41, 5.74) is 2.72. The number of fused-ring (bicyclic) bond motifs is 2. The molecule has 4 rings (SSSR count). The van der Waals surface area contributed by atoms with Gasteiger partial charge in [-0.2, -0.15) is 0 Å². The summed E-state index contributed by atoms with van der Waals surface area (Å²) in [7, 11) is 0. The van der Waals surface area contributed by atoms with Crippen LogP contribution < -0.4 is 0 Å². The highest BCUT2D eigenvalue weighted by Crippen LogP contribution is 2.52. The first kappa shape index (κ1) is 15.7.